The fourth-order valence-electron chi connectivity index (χ4n) is 3.73. The van der Waals surface area contributed by atoms with E-state index >= 15 is 0 Å². The summed E-state index contributed by atoms with van der Waals surface area (Å²) in [5.41, 5.74) is 0. The van der Waals surface area contributed by atoms with Crippen molar-refractivity contribution in [3.8, 4) is 0 Å². The van der Waals surface area contributed by atoms with Crippen molar-refractivity contribution in [1.82, 2.24) is 0 Å². The van der Waals surface area contributed by atoms with Gasteiger partial charge in [0.1, 0.15) is 0 Å². The van der Waals surface area contributed by atoms with E-state index in [4.69, 9.17) is 0 Å². The molecule has 1 heteroatoms. The van der Waals surface area contributed by atoms with E-state index in [0.717, 1.165) is 22.6 Å². The van der Waals surface area contributed by atoms with Gasteiger partial charge in [0.15, 0.2) is 0 Å². The van der Waals surface area contributed by atoms with Gasteiger partial charge in [0, 0.05) is 4.83 Å². The third kappa shape index (κ3) is 2.18. The summed E-state index contributed by atoms with van der Waals surface area (Å²) in [5.74, 6) is 3.12. The Kier molecular flexibility index (Phi) is 3.93. The summed E-state index contributed by atoms with van der Waals surface area (Å²) in [4.78, 5) is 0.847. The van der Waals surface area contributed by atoms with Gasteiger partial charge in [0.25, 0.3) is 0 Å². The maximum Gasteiger partial charge on any atom is 0.0176 e. The highest BCUT2D eigenvalue weighted by Gasteiger charge is 2.36. The van der Waals surface area contributed by atoms with Gasteiger partial charge in [-0.2, -0.15) is 0 Å². The Morgan fingerprint density at radius 3 is 2.29 bits per heavy atom. The Morgan fingerprint density at radius 1 is 0.929 bits per heavy atom. The lowest BCUT2D eigenvalue weighted by atomic mass is 9.71. The molecule has 2 saturated carbocycles. The van der Waals surface area contributed by atoms with E-state index in [1.165, 1.54) is 51.4 Å². The Hall–Kier alpha value is 0.480. The number of halogens is 1. The highest BCUT2D eigenvalue weighted by Crippen LogP contribution is 2.45. The second-order valence-electron chi connectivity index (χ2n) is 5.23. The quantitative estimate of drug-likeness (QED) is 0.627. The van der Waals surface area contributed by atoms with E-state index in [2.05, 4.69) is 22.9 Å². The molecule has 4 unspecified atom stereocenters. The van der Waals surface area contributed by atoms with Crippen molar-refractivity contribution in [3.05, 3.63) is 0 Å². The molecule has 82 valence electrons. The molecular weight excluding hydrogens is 236 g/mol. The van der Waals surface area contributed by atoms with E-state index in [9.17, 15) is 0 Å². The summed E-state index contributed by atoms with van der Waals surface area (Å²) in [7, 11) is 0. The maximum absolute atomic E-state index is 3.90. The molecule has 0 heterocycles. The lowest BCUT2D eigenvalue weighted by molar-refractivity contribution is 0.162. The summed E-state index contributed by atoms with van der Waals surface area (Å²) < 4.78 is 0. The van der Waals surface area contributed by atoms with Crippen LogP contribution in [0.4, 0.5) is 0 Å². The summed E-state index contributed by atoms with van der Waals surface area (Å²) in [6.07, 6.45) is 11.8. The molecule has 4 atom stereocenters. The van der Waals surface area contributed by atoms with Crippen molar-refractivity contribution in [2.45, 2.75) is 63.1 Å². The first-order chi connectivity index (χ1) is 6.83. The average Bonchev–Trinajstić information content (AvgIpc) is 2.64. The number of alkyl halides is 1. The summed E-state index contributed by atoms with van der Waals surface area (Å²) in [6, 6.07) is 0. The largest absolute Gasteiger partial charge is 0.0888 e. The van der Waals surface area contributed by atoms with Crippen LogP contribution in [-0.4, -0.2) is 4.83 Å². The Labute approximate surface area is 97.0 Å². The molecule has 0 aromatic heterocycles. The predicted molar refractivity (Wildman–Crippen MR) is 65.8 cm³/mol. The van der Waals surface area contributed by atoms with Gasteiger partial charge in [-0.15, -0.1) is 0 Å². The van der Waals surface area contributed by atoms with Crippen molar-refractivity contribution in [2.24, 2.45) is 17.8 Å². The molecule has 0 nitrogen and oxygen atoms in total. The van der Waals surface area contributed by atoms with Gasteiger partial charge >= 0.3 is 0 Å². The fraction of sp³-hybridized carbons (Fsp3) is 1.00. The molecule has 0 aromatic carbocycles. The monoisotopic (exact) mass is 258 g/mol. The van der Waals surface area contributed by atoms with E-state index < -0.39 is 0 Å². The zero-order valence-electron chi connectivity index (χ0n) is 9.34. The molecule has 2 rings (SSSR count). The van der Waals surface area contributed by atoms with Gasteiger partial charge in [0.05, 0.1) is 0 Å². The highest BCUT2D eigenvalue weighted by molar-refractivity contribution is 9.09. The second-order valence-corrected chi connectivity index (χ2v) is 6.40. The minimum atomic E-state index is 0.847. The Morgan fingerprint density at radius 2 is 1.64 bits per heavy atom. The van der Waals surface area contributed by atoms with Crippen molar-refractivity contribution in [1.29, 1.82) is 0 Å². The molecule has 0 bridgehead atoms. The third-order valence-corrected chi connectivity index (χ3v) is 5.66. The zero-order chi connectivity index (χ0) is 9.97. The van der Waals surface area contributed by atoms with E-state index in [1.807, 2.05) is 0 Å². The first-order valence-corrected chi connectivity index (χ1v) is 7.38. The zero-order valence-corrected chi connectivity index (χ0v) is 10.9. The molecule has 0 aromatic rings. The molecule has 0 spiro atoms. The van der Waals surface area contributed by atoms with Gasteiger partial charge in [-0.05, 0) is 37.0 Å². The lowest BCUT2D eigenvalue weighted by Crippen LogP contribution is -2.29. The normalized spacial score (nSPS) is 44.1. The molecule has 0 amide bonds. The van der Waals surface area contributed by atoms with Crippen LogP contribution in [0.3, 0.4) is 0 Å². The third-order valence-electron chi connectivity index (χ3n) is 4.52. The fourth-order valence-corrected chi connectivity index (χ4v) is 4.71. The van der Waals surface area contributed by atoms with E-state index in [1.54, 1.807) is 0 Å². The van der Waals surface area contributed by atoms with Crippen LogP contribution in [0.25, 0.3) is 0 Å². The van der Waals surface area contributed by atoms with Crippen LogP contribution in [0.5, 0.6) is 0 Å². The second kappa shape index (κ2) is 5.01. The van der Waals surface area contributed by atoms with Crippen LogP contribution >= 0.6 is 15.9 Å². The molecule has 2 aliphatic rings. The number of rotatable bonds is 2. The minimum absolute atomic E-state index is 0.847. The molecule has 0 N–H and O–H groups in total. The summed E-state index contributed by atoms with van der Waals surface area (Å²) in [5, 5.41) is 0. The molecular formula is C13H23Br. The molecule has 14 heavy (non-hydrogen) atoms. The summed E-state index contributed by atoms with van der Waals surface area (Å²) >= 11 is 3.90. The van der Waals surface area contributed by atoms with Crippen LogP contribution in [0.1, 0.15) is 58.3 Å². The maximum atomic E-state index is 3.90. The number of hydrogen-bond donors (Lipinski definition) is 0. The molecule has 2 aliphatic carbocycles. The SMILES string of the molecule is CCC1CCCCC1C1CCCC1Br. The van der Waals surface area contributed by atoms with Gasteiger partial charge in [-0.25, -0.2) is 0 Å². The summed E-state index contributed by atoms with van der Waals surface area (Å²) in [6.45, 7) is 2.39. The highest BCUT2D eigenvalue weighted by atomic mass is 79.9. The smallest absolute Gasteiger partial charge is 0.0176 e. The van der Waals surface area contributed by atoms with Crippen molar-refractivity contribution >= 4 is 15.9 Å². The molecule has 0 aliphatic heterocycles. The predicted octanol–water partition coefficient (Wildman–Crippen LogP) is 4.77. The standard InChI is InChI=1S/C13H23Br/c1-2-10-6-3-4-7-11(10)12-8-5-9-13(12)14/h10-13H,2-9H2,1H3. The topological polar surface area (TPSA) is 0 Å². The van der Waals surface area contributed by atoms with Gasteiger partial charge < -0.3 is 0 Å². The number of hydrogen-bond acceptors (Lipinski definition) is 0. The van der Waals surface area contributed by atoms with Crippen LogP contribution in [-0.2, 0) is 0 Å². The van der Waals surface area contributed by atoms with Gasteiger partial charge in [0.2, 0.25) is 0 Å². The van der Waals surface area contributed by atoms with Crippen molar-refractivity contribution in [2.75, 3.05) is 0 Å². The first-order valence-electron chi connectivity index (χ1n) is 6.47. The Balaban J connectivity index is 1.99. The van der Waals surface area contributed by atoms with Crippen molar-refractivity contribution in [3.63, 3.8) is 0 Å². The molecule has 0 saturated heterocycles. The molecule has 0 radical (unpaired) electrons. The van der Waals surface area contributed by atoms with Crippen LogP contribution in [0, 0.1) is 17.8 Å². The minimum Gasteiger partial charge on any atom is -0.0888 e. The average molecular weight is 259 g/mol. The van der Waals surface area contributed by atoms with Crippen LogP contribution in [0.15, 0.2) is 0 Å². The molecule has 2 fully saturated rings. The van der Waals surface area contributed by atoms with Gasteiger partial charge in [-0.3, -0.25) is 0 Å². The first kappa shape index (κ1) is 11.0. The van der Waals surface area contributed by atoms with Crippen LogP contribution in [0.2, 0.25) is 0 Å². The Bertz CT molecular complexity index is 178. The lowest BCUT2D eigenvalue weighted by Gasteiger charge is -2.36. The van der Waals surface area contributed by atoms with Crippen LogP contribution < -0.4 is 0 Å². The van der Waals surface area contributed by atoms with E-state index in [0.29, 0.717) is 0 Å². The van der Waals surface area contributed by atoms with Gasteiger partial charge in [-0.1, -0.05) is 55.0 Å². The van der Waals surface area contributed by atoms with E-state index in [-0.39, 0.29) is 0 Å². The van der Waals surface area contributed by atoms with Crippen molar-refractivity contribution < 1.29 is 0 Å².